The van der Waals surface area contributed by atoms with E-state index in [1.54, 1.807) is 0 Å². The smallest absolute Gasteiger partial charge is 0.240 e. The minimum atomic E-state index is -0.835. The van der Waals surface area contributed by atoms with Crippen molar-refractivity contribution in [3.05, 3.63) is 29.3 Å². The lowest BCUT2D eigenvalue weighted by molar-refractivity contribution is -0.134. The molecule has 2 N–H and O–H groups in total. The Balaban J connectivity index is 1.68. The lowest BCUT2D eigenvalue weighted by Crippen LogP contribution is -2.43. The maximum absolute atomic E-state index is 12.6. The van der Waals surface area contributed by atoms with Crippen LogP contribution in [0.5, 0.6) is 0 Å². The monoisotopic (exact) mass is 300 g/mol. The number of carbonyl (C=O) groups excluding carboxylic acids is 2. The third-order valence-corrected chi connectivity index (χ3v) is 5.16. The molecule has 0 atom stereocenters. The molecule has 3 rings (SSSR count). The number of nitrogens with one attached hydrogen (secondary N) is 2. The highest BCUT2D eigenvalue weighted by molar-refractivity contribution is 6.13. The molecule has 1 aromatic rings. The van der Waals surface area contributed by atoms with Crippen molar-refractivity contribution in [2.75, 3.05) is 5.32 Å². The molecule has 2 amide bonds. The highest BCUT2D eigenvalue weighted by Crippen LogP contribution is 2.47. The summed E-state index contributed by atoms with van der Waals surface area (Å²) in [6.07, 6.45) is 5.74. The van der Waals surface area contributed by atoms with Gasteiger partial charge in [-0.2, -0.15) is 0 Å². The van der Waals surface area contributed by atoms with E-state index in [4.69, 9.17) is 0 Å². The molecule has 0 aliphatic heterocycles. The molecule has 1 aromatic carbocycles. The average Bonchev–Trinajstić information content (AvgIpc) is 3.16. The molecule has 4 heteroatoms. The predicted octanol–water partition coefficient (Wildman–Crippen LogP) is 3.08. The first kappa shape index (κ1) is 15.1. The Morgan fingerprint density at radius 2 is 1.77 bits per heavy atom. The van der Waals surface area contributed by atoms with Crippen LogP contribution >= 0.6 is 0 Å². The van der Waals surface area contributed by atoms with Crippen molar-refractivity contribution in [3.8, 4) is 0 Å². The Hall–Kier alpha value is -1.84. The normalized spacial score (nSPS) is 19.7. The van der Waals surface area contributed by atoms with Gasteiger partial charge in [0.25, 0.3) is 0 Å². The summed E-state index contributed by atoms with van der Waals surface area (Å²) in [6, 6.07) is 6.10. The van der Waals surface area contributed by atoms with Gasteiger partial charge in [0.05, 0.1) is 0 Å². The number of aryl methyl sites for hydroxylation is 1. The van der Waals surface area contributed by atoms with Crippen LogP contribution < -0.4 is 10.6 Å². The van der Waals surface area contributed by atoms with Gasteiger partial charge in [0.1, 0.15) is 5.41 Å². The molecule has 0 saturated heterocycles. The van der Waals surface area contributed by atoms with Crippen LogP contribution in [0.4, 0.5) is 5.69 Å². The quantitative estimate of drug-likeness (QED) is 0.840. The van der Waals surface area contributed by atoms with E-state index in [0.717, 1.165) is 29.7 Å². The second-order valence-corrected chi connectivity index (χ2v) is 6.74. The molecule has 0 aromatic heterocycles. The minimum absolute atomic E-state index is 0.0813. The zero-order valence-corrected chi connectivity index (χ0v) is 13.4. The lowest BCUT2D eigenvalue weighted by Gasteiger charge is -2.19. The van der Waals surface area contributed by atoms with E-state index in [9.17, 15) is 9.59 Å². The maximum atomic E-state index is 12.6. The standard InChI is InChI=1S/C18H24N2O2/c1-12-6-5-9-15(13(12)2)20-17(22)18(10-11-18)16(21)19-14-7-3-4-8-14/h5-6,9,14H,3-4,7-8,10-11H2,1-2H3,(H,19,21)(H,20,22). The van der Waals surface area contributed by atoms with Crippen molar-refractivity contribution in [2.24, 2.45) is 5.41 Å². The molecule has 2 saturated carbocycles. The van der Waals surface area contributed by atoms with Crippen molar-refractivity contribution in [1.82, 2.24) is 5.32 Å². The Morgan fingerprint density at radius 3 is 2.41 bits per heavy atom. The Morgan fingerprint density at radius 1 is 1.09 bits per heavy atom. The van der Waals surface area contributed by atoms with Crippen molar-refractivity contribution in [2.45, 2.75) is 58.4 Å². The van der Waals surface area contributed by atoms with Gasteiger partial charge in [-0.1, -0.05) is 25.0 Å². The summed E-state index contributed by atoms with van der Waals surface area (Å²) >= 11 is 0. The molecule has 2 fully saturated rings. The third kappa shape index (κ3) is 2.74. The summed E-state index contributed by atoms with van der Waals surface area (Å²) in [5.41, 5.74) is 2.17. The molecule has 0 spiro atoms. The van der Waals surface area contributed by atoms with Crippen LogP contribution in [0.25, 0.3) is 0 Å². The van der Waals surface area contributed by atoms with Gasteiger partial charge in [0.2, 0.25) is 11.8 Å². The summed E-state index contributed by atoms with van der Waals surface area (Å²) in [6.45, 7) is 4.01. The zero-order chi connectivity index (χ0) is 15.7. The average molecular weight is 300 g/mol. The zero-order valence-electron chi connectivity index (χ0n) is 13.4. The largest absolute Gasteiger partial charge is 0.352 e. The summed E-state index contributed by atoms with van der Waals surface area (Å²) < 4.78 is 0. The molecule has 2 aliphatic rings. The van der Waals surface area contributed by atoms with Crippen molar-refractivity contribution in [3.63, 3.8) is 0 Å². The summed E-state index contributed by atoms with van der Waals surface area (Å²) in [7, 11) is 0. The van der Waals surface area contributed by atoms with E-state index in [0.29, 0.717) is 12.8 Å². The minimum Gasteiger partial charge on any atom is -0.352 e. The van der Waals surface area contributed by atoms with Gasteiger partial charge in [-0.15, -0.1) is 0 Å². The van der Waals surface area contributed by atoms with Gasteiger partial charge >= 0.3 is 0 Å². The van der Waals surface area contributed by atoms with E-state index >= 15 is 0 Å². The number of rotatable bonds is 4. The summed E-state index contributed by atoms with van der Waals surface area (Å²) in [5.74, 6) is -0.237. The van der Waals surface area contributed by atoms with Gasteiger partial charge in [0.15, 0.2) is 0 Å². The SMILES string of the molecule is Cc1cccc(NC(=O)C2(C(=O)NC3CCCC3)CC2)c1C. The Bertz CT molecular complexity index is 599. The van der Waals surface area contributed by atoms with Gasteiger partial charge in [-0.05, 0) is 56.7 Å². The van der Waals surface area contributed by atoms with E-state index in [1.165, 1.54) is 12.8 Å². The predicted molar refractivity (Wildman–Crippen MR) is 86.6 cm³/mol. The molecule has 118 valence electrons. The number of anilines is 1. The molecule has 22 heavy (non-hydrogen) atoms. The highest BCUT2D eigenvalue weighted by Gasteiger charge is 2.56. The van der Waals surface area contributed by atoms with Crippen LogP contribution in [-0.2, 0) is 9.59 Å². The lowest BCUT2D eigenvalue weighted by atomic mass is 10.0. The fourth-order valence-corrected chi connectivity index (χ4v) is 3.20. The van der Waals surface area contributed by atoms with Crippen LogP contribution in [0.1, 0.15) is 49.7 Å². The molecule has 4 nitrogen and oxygen atoms in total. The van der Waals surface area contributed by atoms with Crippen LogP contribution in [0.3, 0.4) is 0 Å². The summed E-state index contributed by atoms with van der Waals surface area (Å²) in [5, 5.41) is 6.03. The molecular formula is C18H24N2O2. The molecule has 2 aliphatic carbocycles. The van der Waals surface area contributed by atoms with E-state index in [1.807, 2.05) is 32.0 Å². The second kappa shape index (κ2) is 5.75. The number of benzene rings is 1. The second-order valence-electron chi connectivity index (χ2n) is 6.74. The van der Waals surface area contributed by atoms with Crippen molar-refractivity contribution in [1.29, 1.82) is 0 Å². The number of amides is 2. The highest BCUT2D eigenvalue weighted by atomic mass is 16.2. The van der Waals surface area contributed by atoms with Crippen LogP contribution in [-0.4, -0.2) is 17.9 Å². The fourth-order valence-electron chi connectivity index (χ4n) is 3.20. The van der Waals surface area contributed by atoms with Crippen LogP contribution in [0.2, 0.25) is 0 Å². The Labute approximate surface area is 131 Å². The van der Waals surface area contributed by atoms with Crippen molar-refractivity contribution >= 4 is 17.5 Å². The first-order valence-corrected chi connectivity index (χ1v) is 8.21. The Kier molecular flexibility index (Phi) is 3.94. The van der Waals surface area contributed by atoms with Gasteiger partial charge in [-0.25, -0.2) is 0 Å². The van der Waals surface area contributed by atoms with Gasteiger partial charge < -0.3 is 10.6 Å². The maximum Gasteiger partial charge on any atom is 0.240 e. The number of hydrogen-bond donors (Lipinski definition) is 2. The van der Waals surface area contributed by atoms with E-state index in [-0.39, 0.29) is 17.9 Å². The van der Waals surface area contributed by atoms with E-state index in [2.05, 4.69) is 10.6 Å². The topological polar surface area (TPSA) is 58.2 Å². The van der Waals surface area contributed by atoms with Crippen LogP contribution in [0.15, 0.2) is 18.2 Å². The molecule has 0 radical (unpaired) electrons. The van der Waals surface area contributed by atoms with Gasteiger partial charge in [-0.3, -0.25) is 9.59 Å². The number of carbonyl (C=O) groups is 2. The first-order valence-electron chi connectivity index (χ1n) is 8.21. The number of hydrogen-bond acceptors (Lipinski definition) is 2. The van der Waals surface area contributed by atoms with Gasteiger partial charge in [0, 0.05) is 11.7 Å². The third-order valence-electron chi connectivity index (χ3n) is 5.16. The molecule has 0 heterocycles. The molecule has 0 unspecified atom stereocenters. The molecular weight excluding hydrogens is 276 g/mol. The van der Waals surface area contributed by atoms with Crippen LogP contribution in [0, 0.1) is 19.3 Å². The fraction of sp³-hybridized carbons (Fsp3) is 0.556. The molecule has 0 bridgehead atoms. The first-order chi connectivity index (χ1) is 10.5. The van der Waals surface area contributed by atoms with E-state index < -0.39 is 5.41 Å². The van der Waals surface area contributed by atoms with Crippen molar-refractivity contribution < 1.29 is 9.59 Å². The summed E-state index contributed by atoms with van der Waals surface area (Å²) in [4.78, 5) is 25.1.